The van der Waals surface area contributed by atoms with Gasteiger partial charge in [-0.05, 0) is 60.4 Å². The minimum atomic E-state index is -0.0843. The van der Waals surface area contributed by atoms with Crippen molar-refractivity contribution in [1.29, 1.82) is 0 Å². The fourth-order valence-electron chi connectivity index (χ4n) is 4.24. The molecule has 4 aromatic heterocycles. The lowest BCUT2D eigenvalue weighted by molar-refractivity contribution is 0.0928. The number of fused-ring (bicyclic) bond motifs is 1. The Morgan fingerprint density at radius 1 is 0.900 bits per heavy atom. The topological polar surface area (TPSA) is 64.2 Å². The maximum atomic E-state index is 12.7. The smallest absolute Gasteiger partial charge is 0.272 e. The first-order chi connectivity index (χ1) is 14.8. The molecule has 4 aromatic rings. The average Bonchev–Trinajstić information content (AvgIpc) is 3.35. The molecule has 0 bridgehead atoms. The van der Waals surface area contributed by atoms with Gasteiger partial charge in [-0.15, -0.1) is 0 Å². The zero-order valence-electron chi connectivity index (χ0n) is 16.9. The highest BCUT2D eigenvalue weighted by Crippen LogP contribution is 2.23. The van der Waals surface area contributed by atoms with Gasteiger partial charge in [0.25, 0.3) is 5.91 Å². The molecule has 6 heteroatoms. The number of pyridine rings is 2. The molecule has 0 radical (unpaired) electrons. The lowest BCUT2D eigenvalue weighted by atomic mass is 10.1. The van der Waals surface area contributed by atoms with E-state index in [-0.39, 0.29) is 11.9 Å². The van der Waals surface area contributed by atoms with E-state index >= 15 is 0 Å². The number of rotatable bonds is 4. The monoisotopic (exact) mass is 399 g/mol. The largest absolute Gasteiger partial charge is 0.348 e. The summed E-state index contributed by atoms with van der Waals surface area (Å²) in [4.78, 5) is 16.8. The third-order valence-electron chi connectivity index (χ3n) is 5.89. The Bertz CT molecular complexity index is 1150. The van der Waals surface area contributed by atoms with Crippen molar-refractivity contribution in [1.82, 2.24) is 24.5 Å². The Labute approximate surface area is 175 Å². The van der Waals surface area contributed by atoms with Crippen molar-refractivity contribution in [3.8, 4) is 16.9 Å². The van der Waals surface area contributed by atoms with Crippen molar-refractivity contribution >= 4 is 11.4 Å². The quantitative estimate of drug-likeness (QED) is 0.509. The first-order valence-corrected chi connectivity index (χ1v) is 10.7. The van der Waals surface area contributed by atoms with Crippen LogP contribution < -0.4 is 5.32 Å². The summed E-state index contributed by atoms with van der Waals surface area (Å²) in [5.41, 5.74) is 3.73. The predicted molar refractivity (Wildman–Crippen MR) is 117 cm³/mol. The van der Waals surface area contributed by atoms with Gasteiger partial charge in [0, 0.05) is 36.3 Å². The van der Waals surface area contributed by atoms with Crippen LogP contribution in [0.1, 0.15) is 49.0 Å². The summed E-state index contributed by atoms with van der Waals surface area (Å²) in [6, 6.07) is 14.3. The van der Waals surface area contributed by atoms with Gasteiger partial charge in [-0.3, -0.25) is 9.78 Å². The number of hydrogen-bond acceptors (Lipinski definition) is 3. The van der Waals surface area contributed by atoms with Crippen LogP contribution in [0.15, 0.2) is 67.3 Å². The number of carbonyl (C=O) groups is 1. The van der Waals surface area contributed by atoms with Crippen molar-refractivity contribution in [2.24, 2.45) is 0 Å². The van der Waals surface area contributed by atoms with Crippen LogP contribution >= 0.6 is 0 Å². The average molecular weight is 399 g/mol. The van der Waals surface area contributed by atoms with E-state index < -0.39 is 0 Å². The number of amides is 1. The summed E-state index contributed by atoms with van der Waals surface area (Å²) in [6.07, 6.45) is 14.6. The molecule has 30 heavy (non-hydrogen) atoms. The molecule has 1 aliphatic carbocycles. The van der Waals surface area contributed by atoms with Gasteiger partial charge in [0.2, 0.25) is 0 Å². The van der Waals surface area contributed by atoms with E-state index in [1.807, 2.05) is 24.4 Å². The van der Waals surface area contributed by atoms with E-state index in [4.69, 9.17) is 0 Å². The van der Waals surface area contributed by atoms with Crippen LogP contribution in [0.4, 0.5) is 0 Å². The van der Waals surface area contributed by atoms with Crippen LogP contribution in [0.5, 0.6) is 0 Å². The van der Waals surface area contributed by atoms with E-state index in [2.05, 4.69) is 44.2 Å². The van der Waals surface area contributed by atoms with E-state index in [1.165, 1.54) is 25.7 Å². The number of carbonyl (C=O) groups excluding carboxylic acids is 1. The molecule has 6 nitrogen and oxygen atoms in total. The molecule has 0 unspecified atom stereocenters. The molecule has 5 rings (SSSR count). The molecule has 0 aliphatic heterocycles. The van der Waals surface area contributed by atoms with Gasteiger partial charge in [0.1, 0.15) is 5.82 Å². The number of hydrogen-bond donors (Lipinski definition) is 1. The molecule has 0 aromatic carbocycles. The molecule has 1 saturated carbocycles. The third kappa shape index (κ3) is 3.73. The summed E-state index contributed by atoms with van der Waals surface area (Å²) < 4.78 is 3.86. The van der Waals surface area contributed by atoms with Crippen molar-refractivity contribution < 1.29 is 4.79 Å². The summed E-state index contributed by atoms with van der Waals surface area (Å²) in [7, 11) is 0. The van der Waals surface area contributed by atoms with Crippen LogP contribution in [0.3, 0.4) is 0 Å². The van der Waals surface area contributed by atoms with Gasteiger partial charge in [-0.2, -0.15) is 5.10 Å². The summed E-state index contributed by atoms with van der Waals surface area (Å²) >= 11 is 0. The van der Waals surface area contributed by atoms with Gasteiger partial charge in [0.05, 0.1) is 0 Å². The second-order valence-corrected chi connectivity index (χ2v) is 7.95. The molecule has 1 aliphatic rings. The highest BCUT2D eigenvalue weighted by Gasteiger charge is 2.18. The second kappa shape index (κ2) is 8.14. The zero-order valence-corrected chi connectivity index (χ0v) is 16.9. The Kier molecular flexibility index (Phi) is 5.05. The molecule has 152 valence electrons. The lowest BCUT2D eigenvalue weighted by Gasteiger charge is -2.15. The predicted octanol–water partition coefficient (Wildman–Crippen LogP) is 4.64. The summed E-state index contributed by atoms with van der Waals surface area (Å²) in [6.45, 7) is 0. The lowest BCUT2D eigenvalue weighted by Crippen LogP contribution is -2.34. The van der Waals surface area contributed by atoms with E-state index in [0.717, 1.165) is 35.3 Å². The first-order valence-electron chi connectivity index (χ1n) is 10.7. The molecule has 1 fully saturated rings. The molecule has 1 amide bonds. The van der Waals surface area contributed by atoms with Gasteiger partial charge in [-0.1, -0.05) is 31.7 Å². The van der Waals surface area contributed by atoms with Crippen molar-refractivity contribution in [2.75, 3.05) is 0 Å². The van der Waals surface area contributed by atoms with Gasteiger partial charge >= 0.3 is 0 Å². The molecule has 0 spiro atoms. The third-order valence-corrected chi connectivity index (χ3v) is 5.89. The molecule has 0 atom stereocenters. The Balaban J connectivity index is 1.41. The standard InChI is InChI=1S/C24H25N5O/c30-24(26-20-5-3-1-2-4-6-20)22-13-16-29(27-22)23-10-9-21-8-7-19(17-28(21)23)18-11-14-25-15-12-18/h7-17,20H,1-6H2,(H,26,30). The number of aromatic nitrogens is 4. The summed E-state index contributed by atoms with van der Waals surface area (Å²) in [5.74, 6) is 0.813. The molecule has 4 heterocycles. The number of nitrogens with zero attached hydrogens (tertiary/aromatic N) is 4. The molecular formula is C24H25N5O. The first kappa shape index (κ1) is 18.6. The van der Waals surface area contributed by atoms with E-state index in [1.54, 1.807) is 23.1 Å². The molecule has 1 N–H and O–H groups in total. The zero-order chi connectivity index (χ0) is 20.3. The van der Waals surface area contributed by atoms with Crippen LogP contribution in [0, 0.1) is 0 Å². The van der Waals surface area contributed by atoms with Crippen molar-refractivity contribution in [2.45, 2.75) is 44.6 Å². The van der Waals surface area contributed by atoms with Crippen molar-refractivity contribution in [3.05, 3.63) is 72.9 Å². The van der Waals surface area contributed by atoms with Gasteiger partial charge in [-0.25, -0.2) is 4.68 Å². The minimum absolute atomic E-state index is 0.0843. The van der Waals surface area contributed by atoms with Crippen LogP contribution in [-0.2, 0) is 0 Å². The Morgan fingerprint density at radius 2 is 1.67 bits per heavy atom. The fourth-order valence-corrected chi connectivity index (χ4v) is 4.24. The van der Waals surface area contributed by atoms with Crippen LogP contribution in [0.2, 0.25) is 0 Å². The molecule has 0 saturated heterocycles. The normalized spacial score (nSPS) is 15.2. The van der Waals surface area contributed by atoms with Crippen LogP contribution in [0.25, 0.3) is 22.5 Å². The highest BCUT2D eigenvalue weighted by molar-refractivity contribution is 5.92. The van der Waals surface area contributed by atoms with Gasteiger partial charge < -0.3 is 9.72 Å². The Hall–Kier alpha value is -3.41. The molecular weight excluding hydrogens is 374 g/mol. The maximum absolute atomic E-state index is 12.7. The van der Waals surface area contributed by atoms with Crippen LogP contribution in [-0.4, -0.2) is 31.1 Å². The Morgan fingerprint density at radius 3 is 2.47 bits per heavy atom. The minimum Gasteiger partial charge on any atom is -0.348 e. The summed E-state index contributed by atoms with van der Waals surface area (Å²) in [5, 5.41) is 7.74. The maximum Gasteiger partial charge on any atom is 0.272 e. The van der Waals surface area contributed by atoms with E-state index in [9.17, 15) is 4.79 Å². The SMILES string of the molecule is O=C(NC1CCCCCC1)c1ccn(-c2ccc3ccc(-c4ccncc4)cn23)n1. The second-order valence-electron chi connectivity index (χ2n) is 7.95. The van der Waals surface area contributed by atoms with Gasteiger partial charge in [0.15, 0.2) is 5.69 Å². The van der Waals surface area contributed by atoms with E-state index in [0.29, 0.717) is 5.69 Å². The number of nitrogens with one attached hydrogen (secondary N) is 1. The highest BCUT2D eigenvalue weighted by atomic mass is 16.2. The fraction of sp³-hybridized carbons (Fsp3) is 0.292. The van der Waals surface area contributed by atoms with Crippen molar-refractivity contribution in [3.63, 3.8) is 0 Å².